The van der Waals surface area contributed by atoms with Crippen molar-refractivity contribution < 1.29 is 14.1 Å². The number of carbonyl (C=O) groups excluding carboxylic acids is 1. The predicted molar refractivity (Wildman–Crippen MR) is 137 cm³/mol. The van der Waals surface area contributed by atoms with Gasteiger partial charge < -0.3 is 14.6 Å². The molecule has 0 aliphatic carbocycles. The Hall–Kier alpha value is -3.29. The Morgan fingerprint density at radius 1 is 1.06 bits per heavy atom. The number of ether oxygens (including phenoxy) is 1. The molecule has 0 aliphatic heterocycles. The van der Waals surface area contributed by atoms with E-state index in [-0.39, 0.29) is 18.2 Å². The van der Waals surface area contributed by atoms with Gasteiger partial charge in [-0.15, -0.1) is 0 Å². The molecule has 2 aromatic heterocycles. The Kier molecular flexibility index (Phi) is 7.19. The van der Waals surface area contributed by atoms with Gasteiger partial charge in [0, 0.05) is 0 Å². The summed E-state index contributed by atoms with van der Waals surface area (Å²) in [5.74, 6) is 0.892. The number of nitrogens with one attached hydrogen (secondary N) is 1. The minimum Gasteiger partial charge on any atom is -0.488 e. The molecule has 0 radical (unpaired) electrons. The molecule has 182 valence electrons. The maximum Gasteiger partial charge on any atom is 0.278 e. The third kappa shape index (κ3) is 5.36. The van der Waals surface area contributed by atoms with Crippen molar-refractivity contribution >= 4 is 34.8 Å². The van der Waals surface area contributed by atoms with E-state index in [1.165, 1.54) is 0 Å². The van der Waals surface area contributed by atoms with Crippen LogP contribution in [-0.2, 0) is 13.2 Å². The molecule has 0 atom stereocenters. The number of amides is 1. The first kappa shape index (κ1) is 24.8. The number of aryl methyl sites for hydroxylation is 4. The highest BCUT2D eigenvalue weighted by Crippen LogP contribution is 2.26. The van der Waals surface area contributed by atoms with Crippen LogP contribution in [0.2, 0.25) is 10.0 Å². The van der Waals surface area contributed by atoms with Crippen LogP contribution in [0.25, 0.3) is 0 Å². The average molecular weight is 513 g/mol. The first-order valence-electron chi connectivity index (χ1n) is 11.1. The van der Waals surface area contributed by atoms with Gasteiger partial charge in [0.2, 0.25) is 0 Å². The molecule has 2 heterocycles. The summed E-state index contributed by atoms with van der Waals surface area (Å²) in [6, 6.07) is 11.4. The molecule has 7 nitrogen and oxygen atoms in total. The number of nitrogens with zero attached hydrogens (tertiary/aromatic N) is 3. The lowest BCUT2D eigenvalue weighted by Crippen LogP contribution is -2.16. The van der Waals surface area contributed by atoms with E-state index in [1.807, 2.05) is 56.6 Å². The topological polar surface area (TPSA) is 82.2 Å². The first-order valence-corrected chi connectivity index (χ1v) is 11.8. The second-order valence-corrected chi connectivity index (χ2v) is 9.34. The molecule has 4 rings (SSSR count). The van der Waals surface area contributed by atoms with Crippen LogP contribution in [-0.4, -0.2) is 20.8 Å². The first-order chi connectivity index (χ1) is 16.6. The molecular formula is C26H26Cl2N4O3. The largest absolute Gasteiger partial charge is 0.488 e. The van der Waals surface area contributed by atoms with Crippen LogP contribution in [0.4, 0.5) is 5.69 Å². The van der Waals surface area contributed by atoms with Gasteiger partial charge in [0.05, 0.1) is 39.2 Å². The molecular weight excluding hydrogens is 487 g/mol. The summed E-state index contributed by atoms with van der Waals surface area (Å²) in [5, 5.41) is 12.5. The minimum atomic E-state index is -0.388. The maximum absolute atomic E-state index is 13.2. The number of aromatic nitrogens is 3. The third-order valence-electron chi connectivity index (χ3n) is 5.84. The molecule has 0 fully saturated rings. The molecule has 35 heavy (non-hydrogen) atoms. The van der Waals surface area contributed by atoms with Crippen molar-refractivity contribution in [3.8, 4) is 5.75 Å². The normalized spacial score (nSPS) is 11.1. The van der Waals surface area contributed by atoms with E-state index >= 15 is 0 Å². The van der Waals surface area contributed by atoms with Crippen LogP contribution in [0.3, 0.4) is 0 Å². The maximum atomic E-state index is 13.2. The minimum absolute atomic E-state index is 0.163. The third-order valence-corrected chi connectivity index (χ3v) is 6.58. The number of hydrogen-bond acceptors (Lipinski definition) is 5. The lowest BCUT2D eigenvalue weighted by atomic mass is 10.1. The predicted octanol–water partition coefficient (Wildman–Crippen LogP) is 6.60. The van der Waals surface area contributed by atoms with Crippen LogP contribution in [0, 0.1) is 34.6 Å². The van der Waals surface area contributed by atoms with Gasteiger partial charge in [-0.05, 0) is 63.9 Å². The van der Waals surface area contributed by atoms with Gasteiger partial charge in [-0.1, -0.05) is 52.1 Å². The Morgan fingerprint density at radius 2 is 1.83 bits per heavy atom. The lowest BCUT2D eigenvalue weighted by Gasteiger charge is -2.10. The van der Waals surface area contributed by atoms with Gasteiger partial charge in [-0.3, -0.25) is 9.48 Å². The molecule has 0 spiro atoms. The molecule has 0 saturated carbocycles. The van der Waals surface area contributed by atoms with Crippen LogP contribution in [0.1, 0.15) is 49.9 Å². The van der Waals surface area contributed by atoms with Crippen LogP contribution in [0.5, 0.6) is 5.75 Å². The fraction of sp³-hybridized carbons (Fsp3) is 0.269. The highest BCUT2D eigenvalue weighted by molar-refractivity contribution is 6.42. The molecule has 4 aromatic rings. The highest BCUT2D eigenvalue weighted by atomic mass is 35.5. The van der Waals surface area contributed by atoms with Crippen molar-refractivity contribution in [1.82, 2.24) is 14.9 Å². The standard InChI is InChI=1S/C26H26Cl2N4O3/c1-14-6-9-23(15(2)10-14)34-13-20-18(5)35-31-25(20)26(33)29-24-16(3)30-32(17(24)4)12-19-7-8-21(27)22(28)11-19/h6-11H,12-13H2,1-5H3,(H,29,33). The van der Waals surface area contributed by atoms with Crippen LogP contribution < -0.4 is 10.1 Å². The Balaban J connectivity index is 1.52. The number of rotatable bonds is 7. The van der Waals surface area contributed by atoms with Gasteiger partial charge in [0.1, 0.15) is 18.1 Å². The van der Waals surface area contributed by atoms with Crippen molar-refractivity contribution in [2.45, 2.75) is 47.8 Å². The molecule has 0 aliphatic rings. The molecule has 0 unspecified atom stereocenters. The van der Waals surface area contributed by atoms with Gasteiger partial charge in [0.15, 0.2) is 5.69 Å². The lowest BCUT2D eigenvalue weighted by molar-refractivity contribution is 0.101. The summed E-state index contributed by atoms with van der Waals surface area (Å²) in [4.78, 5) is 13.2. The van der Waals surface area contributed by atoms with E-state index in [0.717, 1.165) is 28.1 Å². The van der Waals surface area contributed by atoms with Crippen LogP contribution >= 0.6 is 23.2 Å². The number of hydrogen-bond donors (Lipinski definition) is 1. The summed E-state index contributed by atoms with van der Waals surface area (Å²) in [7, 11) is 0. The quantitative estimate of drug-likeness (QED) is 0.301. The van der Waals surface area contributed by atoms with Gasteiger partial charge >= 0.3 is 0 Å². The van der Waals surface area contributed by atoms with Crippen molar-refractivity contribution in [3.63, 3.8) is 0 Å². The van der Waals surface area contributed by atoms with E-state index in [2.05, 4.69) is 15.6 Å². The number of benzene rings is 2. The Labute approximate surface area is 214 Å². The number of anilines is 1. The fourth-order valence-electron chi connectivity index (χ4n) is 3.87. The molecule has 2 aromatic carbocycles. The zero-order valence-corrected chi connectivity index (χ0v) is 21.7. The fourth-order valence-corrected chi connectivity index (χ4v) is 4.19. The molecule has 0 bridgehead atoms. The Morgan fingerprint density at radius 3 is 2.54 bits per heavy atom. The molecule has 9 heteroatoms. The van der Waals surface area contributed by atoms with E-state index in [9.17, 15) is 4.79 Å². The average Bonchev–Trinajstić information content (AvgIpc) is 3.30. The van der Waals surface area contributed by atoms with Crippen molar-refractivity contribution in [1.29, 1.82) is 0 Å². The van der Waals surface area contributed by atoms with Gasteiger partial charge in [0.25, 0.3) is 5.91 Å². The van der Waals surface area contributed by atoms with Crippen molar-refractivity contribution in [2.24, 2.45) is 0 Å². The summed E-state index contributed by atoms with van der Waals surface area (Å²) < 4.78 is 13.1. The number of carbonyl (C=O) groups is 1. The van der Waals surface area contributed by atoms with Crippen LogP contribution in [0.15, 0.2) is 40.9 Å². The van der Waals surface area contributed by atoms with Gasteiger partial charge in [-0.25, -0.2) is 0 Å². The number of halogens is 2. The van der Waals surface area contributed by atoms with Gasteiger partial charge in [-0.2, -0.15) is 5.10 Å². The van der Waals surface area contributed by atoms with E-state index in [4.69, 9.17) is 32.5 Å². The Bertz CT molecular complexity index is 1410. The van der Waals surface area contributed by atoms with E-state index in [1.54, 1.807) is 19.1 Å². The van der Waals surface area contributed by atoms with Crippen molar-refractivity contribution in [2.75, 3.05) is 5.32 Å². The second kappa shape index (κ2) is 10.1. The monoisotopic (exact) mass is 512 g/mol. The summed E-state index contributed by atoms with van der Waals surface area (Å²) in [5.41, 5.74) is 6.01. The van der Waals surface area contributed by atoms with Crippen molar-refractivity contribution in [3.05, 3.63) is 91.5 Å². The highest BCUT2D eigenvalue weighted by Gasteiger charge is 2.23. The molecule has 1 N–H and O–H groups in total. The van der Waals surface area contributed by atoms with E-state index < -0.39 is 0 Å². The molecule has 0 saturated heterocycles. The second-order valence-electron chi connectivity index (χ2n) is 8.53. The molecule has 1 amide bonds. The SMILES string of the molecule is Cc1ccc(OCc2c(C(=O)Nc3c(C)nn(Cc4ccc(Cl)c(Cl)c4)c3C)noc2C)c(C)c1. The zero-order chi connectivity index (χ0) is 25.3. The van der Waals surface area contributed by atoms with E-state index in [0.29, 0.717) is 39.3 Å². The smallest absolute Gasteiger partial charge is 0.278 e. The summed E-state index contributed by atoms with van der Waals surface area (Å²) >= 11 is 12.2. The zero-order valence-electron chi connectivity index (χ0n) is 20.2. The summed E-state index contributed by atoms with van der Waals surface area (Å²) in [6.45, 7) is 10.2. The summed E-state index contributed by atoms with van der Waals surface area (Å²) in [6.07, 6.45) is 0.